The van der Waals surface area contributed by atoms with E-state index >= 15 is 0 Å². The number of hydrogen-bond acceptors (Lipinski definition) is 4. The van der Waals surface area contributed by atoms with Gasteiger partial charge in [0.05, 0.1) is 5.92 Å². The minimum atomic E-state index is -0.394. The van der Waals surface area contributed by atoms with Crippen LogP contribution in [0.25, 0.3) is 0 Å². The highest BCUT2D eigenvalue weighted by atomic mass is 35.5. The molecule has 0 aromatic heterocycles. The first-order valence-electron chi connectivity index (χ1n) is 9.66. The lowest BCUT2D eigenvalue weighted by atomic mass is 10.0. The quantitative estimate of drug-likeness (QED) is 0.653. The molecule has 1 aliphatic heterocycles. The van der Waals surface area contributed by atoms with Gasteiger partial charge in [0.2, 0.25) is 5.91 Å². The molecule has 6 nitrogen and oxygen atoms in total. The van der Waals surface area contributed by atoms with Crippen LogP contribution in [0.3, 0.4) is 0 Å². The molecular formula is C21H25ClN4O2. The molecule has 1 aromatic rings. The highest BCUT2D eigenvalue weighted by molar-refractivity contribution is 6.30. The summed E-state index contributed by atoms with van der Waals surface area (Å²) in [5.74, 6) is 2.19. The first kappa shape index (κ1) is 20.3. The summed E-state index contributed by atoms with van der Waals surface area (Å²) < 4.78 is 0. The van der Waals surface area contributed by atoms with E-state index in [-0.39, 0.29) is 23.8 Å². The lowest BCUT2D eigenvalue weighted by Crippen LogP contribution is -2.44. The Labute approximate surface area is 170 Å². The van der Waals surface area contributed by atoms with Crippen molar-refractivity contribution in [1.82, 2.24) is 10.6 Å². The van der Waals surface area contributed by atoms with E-state index in [9.17, 15) is 9.59 Å². The predicted octanol–water partition coefficient (Wildman–Crippen LogP) is 3.63. The molecule has 28 heavy (non-hydrogen) atoms. The summed E-state index contributed by atoms with van der Waals surface area (Å²) in [7, 11) is 0. The Morgan fingerprint density at radius 1 is 1.32 bits per heavy atom. The van der Waals surface area contributed by atoms with Gasteiger partial charge in [0.15, 0.2) is 5.66 Å². The van der Waals surface area contributed by atoms with E-state index in [1.165, 1.54) is 0 Å². The number of terminal acetylenes is 1. The Kier molecular flexibility index (Phi) is 6.35. The van der Waals surface area contributed by atoms with E-state index in [1.54, 1.807) is 18.2 Å². The molecule has 1 aromatic carbocycles. The lowest BCUT2D eigenvalue weighted by Gasteiger charge is -2.21. The fraction of sp³-hybridized carbons (Fsp3) is 0.524. The van der Waals surface area contributed by atoms with Gasteiger partial charge in [0.25, 0.3) is 5.91 Å². The zero-order chi connectivity index (χ0) is 20.1. The molecule has 1 heterocycles. The van der Waals surface area contributed by atoms with Crippen molar-refractivity contribution in [3.8, 4) is 12.3 Å². The maximum Gasteiger partial charge on any atom is 0.251 e. The summed E-state index contributed by atoms with van der Waals surface area (Å²) in [5.41, 5.74) is 1.01. The zero-order valence-electron chi connectivity index (χ0n) is 16.0. The SMILES string of the molecule is C#CCCC1(CCNC(=O)[C@H]2CCC[C@H]2NC(=O)c2ccc(Cl)cc2C)N=N1. The summed E-state index contributed by atoms with van der Waals surface area (Å²) in [6.07, 6.45) is 9.79. The van der Waals surface area contributed by atoms with Gasteiger partial charge >= 0.3 is 0 Å². The Bertz CT molecular complexity index is 824. The smallest absolute Gasteiger partial charge is 0.251 e. The first-order valence-corrected chi connectivity index (χ1v) is 10.0. The summed E-state index contributed by atoms with van der Waals surface area (Å²) in [4.78, 5) is 25.3. The lowest BCUT2D eigenvalue weighted by molar-refractivity contribution is -0.125. The second-order valence-electron chi connectivity index (χ2n) is 7.50. The molecule has 148 valence electrons. The van der Waals surface area contributed by atoms with Crippen LogP contribution in [0.4, 0.5) is 0 Å². The molecule has 3 rings (SSSR count). The largest absolute Gasteiger partial charge is 0.356 e. The van der Waals surface area contributed by atoms with Crippen LogP contribution >= 0.6 is 11.6 Å². The van der Waals surface area contributed by atoms with Crippen molar-refractivity contribution in [3.05, 3.63) is 34.3 Å². The highest BCUT2D eigenvalue weighted by Crippen LogP contribution is 2.36. The zero-order valence-corrected chi connectivity index (χ0v) is 16.8. The van der Waals surface area contributed by atoms with Crippen LogP contribution in [0.5, 0.6) is 0 Å². The summed E-state index contributed by atoms with van der Waals surface area (Å²) >= 11 is 5.96. The second kappa shape index (κ2) is 8.74. The van der Waals surface area contributed by atoms with Gasteiger partial charge in [0.1, 0.15) is 0 Å². The van der Waals surface area contributed by atoms with Gasteiger partial charge in [-0.2, -0.15) is 10.2 Å². The van der Waals surface area contributed by atoms with E-state index in [0.29, 0.717) is 30.0 Å². The molecular weight excluding hydrogens is 376 g/mol. The fourth-order valence-electron chi connectivity index (χ4n) is 3.76. The Balaban J connectivity index is 1.50. The average molecular weight is 401 g/mol. The molecule has 2 amide bonds. The third-order valence-electron chi connectivity index (χ3n) is 5.48. The molecule has 0 radical (unpaired) electrons. The Hall–Kier alpha value is -2.39. The predicted molar refractivity (Wildman–Crippen MR) is 108 cm³/mol. The molecule has 2 aliphatic rings. The van der Waals surface area contributed by atoms with Gasteiger partial charge in [0, 0.05) is 42.4 Å². The Morgan fingerprint density at radius 3 is 2.79 bits per heavy atom. The van der Waals surface area contributed by atoms with Gasteiger partial charge in [-0.15, -0.1) is 12.3 Å². The van der Waals surface area contributed by atoms with Crippen LogP contribution in [0.2, 0.25) is 5.02 Å². The van der Waals surface area contributed by atoms with E-state index < -0.39 is 5.66 Å². The minimum Gasteiger partial charge on any atom is -0.356 e. The maximum absolute atomic E-state index is 12.6. The standard InChI is InChI=1S/C21H25ClN4O2/c1-3-4-10-21(25-26-21)11-12-23-19(27)17-6-5-7-18(17)24-20(28)16-9-8-15(22)13-14(16)2/h1,8-9,13,17-18H,4-7,10-12H2,2H3,(H,23,27)(H,24,28)/t17-,18+/m0/s1. The molecule has 0 bridgehead atoms. The summed E-state index contributed by atoms with van der Waals surface area (Å²) in [6.45, 7) is 2.35. The number of nitrogens with one attached hydrogen (secondary N) is 2. The molecule has 0 unspecified atom stereocenters. The van der Waals surface area contributed by atoms with Crippen molar-refractivity contribution in [3.63, 3.8) is 0 Å². The molecule has 2 atom stereocenters. The van der Waals surface area contributed by atoms with Crippen LogP contribution in [0.1, 0.15) is 54.4 Å². The van der Waals surface area contributed by atoms with Crippen LogP contribution < -0.4 is 10.6 Å². The van der Waals surface area contributed by atoms with Crippen LogP contribution in [-0.2, 0) is 4.79 Å². The number of rotatable bonds is 8. The third-order valence-corrected chi connectivity index (χ3v) is 5.71. The first-order chi connectivity index (χ1) is 13.4. The maximum atomic E-state index is 12.6. The Morgan fingerprint density at radius 2 is 2.11 bits per heavy atom. The van der Waals surface area contributed by atoms with Gasteiger partial charge < -0.3 is 10.6 Å². The number of hydrogen-bond donors (Lipinski definition) is 2. The second-order valence-corrected chi connectivity index (χ2v) is 7.94. The normalized spacial score (nSPS) is 21.8. The number of benzene rings is 1. The third kappa shape index (κ3) is 4.90. The molecule has 1 aliphatic carbocycles. The number of aryl methyl sites for hydroxylation is 1. The number of carbonyl (C=O) groups excluding carboxylic acids is 2. The van der Waals surface area contributed by atoms with Gasteiger partial charge in [-0.3, -0.25) is 9.59 Å². The molecule has 0 spiro atoms. The molecule has 1 fully saturated rings. The monoisotopic (exact) mass is 400 g/mol. The van der Waals surface area contributed by atoms with E-state index in [1.807, 2.05) is 6.92 Å². The number of nitrogens with zero attached hydrogens (tertiary/aromatic N) is 2. The van der Waals surface area contributed by atoms with E-state index in [4.69, 9.17) is 18.0 Å². The summed E-state index contributed by atoms with van der Waals surface area (Å²) in [6, 6.07) is 5.02. The van der Waals surface area contributed by atoms with E-state index in [0.717, 1.165) is 31.2 Å². The topological polar surface area (TPSA) is 82.9 Å². The van der Waals surface area contributed by atoms with Gasteiger partial charge in [-0.05, 0) is 43.5 Å². The molecule has 1 saturated carbocycles. The minimum absolute atomic E-state index is 0.0247. The van der Waals surface area contributed by atoms with Crippen molar-refractivity contribution in [2.24, 2.45) is 16.1 Å². The number of halogens is 1. The van der Waals surface area contributed by atoms with Gasteiger partial charge in [-0.1, -0.05) is 18.0 Å². The van der Waals surface area contributed by atoms with Crippen molar-refractivity contribution in [2.45, 2.75) is 57.2 Å². The summed E-state index contributed by atoms with van der Waals surface area (Å²) in [5, 5.41) is 14.8. The van der Waals surface area contributed by atoms with E-state index in [2.05, 4.69) is 26.8 Å². The van der Waals surface area contributed by atoms with Crippen molar-refractivity contribution in [2.75, 3.05) is 6.54 Å². The van der Waals surface area contributed by atoms with Crippen LogP contribution in [-0.4, -0.2) is 30.1 Å². The van der Waals surface area contributed by atoms with Crippen molar-refractivity contribution >= 4 is 23.4 Å². The molecule has 0 saturated heterocycles. The number of carbonyl (C=O) groups is 2. The van der Waals surface area contributed by atoms with Crippen LogP contribution in [0, 0.1) is 25.2 Å². The molecule has 7 heteroatoms. The number of amides is 2. The fourth-order valence-corrected chi connectivity index (χ4v) is 3.99. The molecule has 2 N–H and O–H groups in total. The van der Waals surface area contributed by atoms with Crippen LogP contribution in [0.15, 0.2) is 28.4 Å². The van der Waals surface area contributed by atoms with Crippen molar-refractivity contribution in [1.29, 1.82) is 0 Å². The van der Waals surface area contributed by atoms with Crippen molar-refractivity contribution < 1.29 is 9.59 Å². The highest BCUT2D eigenvalue weighted by Gasteiger charge is 2.39. The van der Waals surface area contributed by atoms with Gasteiger partial charge in [-0.25, -0.2) is 0 Å². The average Bonchev–Trinajstić information content (AvgIpc) is 3.27.